The lowest BCUT2D eigenvalue weighted by molar-refractivity contribution is -0.135. The van der Waals surface area contributed by atoms with Crippen molar-refractivity contribution in [2.45, 2.75) is 18.9 Å². The zero-order valence-electron chi connectivity index (χ0n) is 12.8. The molecule has 0 fully saturated rings. The van der Waals surface area contributed by atoms with Crippen LogP contribution in [0.5, 0.6) is 0 Å². The molecule has 1 heterocycles. The molecule has 2 rings (SSSR count). The van der Waals surface area contributed by atoms with Gasteiger partial charge in [0, 0.05) is 30.5 Å². The summed E-state index contributed by atoms with van der Waals surface area (Å²) < 4.78 is 0.963. The quantitative estimate of drug-likeness (QED) is 0.890. The van der Waals surface area contributed by atoms with E-state index in [-0.39, 0.29) is 5.91 Å². The Labute approximate surface area is 139 Å². The van der Waals surface area contributed by atoms with Crippen molar-refractivity contribution < 1.29 is 4.79 Å². The van der Waals surface area contributed by atoms with Crippen molar-refractivity contribution in [1.82, 2.24) is 9.88 Å². The Morgan fingerprint density at radius 1 is 1.23 bits per heavy atom. The Morgan fingerprint density at radius 2 is 1.82 bits per heavy atom. The van der Waals surface area contributed by atoms with E-state index in [1.54, 1.807) is 31.3 Å². The predicted octanol–water partition coefficient (Wildman–Crippen LogP) is 2.72. The van der Waals surface area contributed by atoms with E-state index in [0.717, 1.165) is 22.0 Å². The van der Waals surface area contributed by atoms with Gasteiger partial charge in [-0.1, -0.05) is 28.1 Å². The second-order valence-corrected chi connectivity index (χ2v) is 6.46. The molecular weight excluding hydrogens is 342 g/mol. The highest BCUT2D eigenvalue weighted by Gasteiger charge is 2.32. The van der Waals surface area contributed by atoms with Gasteiger partial charge in [0.05, 0.1) is 0 Å². The number of rotatable bonds is 5. The number of aromatic nitrogens is 1. The highest BCUT2D eigenvalue weighted by atomic mass is 79.9. The number of pyridine rings is 1. The number of halogens is 1. The van der Waals surface area contributed by atoms with Crippen LogP contribution in [0.15, 0.2) is 53.3 Å². The zero-order valence-corrected chi connectivity index (χ0v) is 14.4. The van der Waals surface area contributed by atoms with Crippen LogP contribution in [0.25, 0.3) is 0 Å². The first kappa shape index (κ1) is 16.6. The van der Waals surface area contributed by atoms with Crippen LogP contribution in [0.1, 0.15) is 18.1 Å². The van der Waals surface area contributed by atoms with Gasteiger partial charge in [-0.05, 0) is 48.7 Å². The fraction of sp³-hybridized carbons (Fsp3) is 0.294. The molecule has 1 atom stereocenters. The summed E-state index contributed by atoms with van der Waals surface area (Å²) in [4.78, 5) is 18.3. The minimum absolute atomic E-state index is 0.0936. The summed E-state index contributed by atoms with van der Waals surface area (Å²) in [6.45, 7) is 2.37. The Morgan fingerprint density at radius 3 is 2.41 bits per heavy atom. The molecule has 0 aliphatic heterocycles. The van der Waals surface area contributed by atoms with Crippen molar-refractivity contribution >= 4 is 21.8 Å². The number of carbonyl (C=O) groups is 1. The summed E-state index contributed by atoms with van der Waals surface area (Å²) in [6.07, 6.45) is 4.29. The summed E-state index contributed by atoms with van der Waals surface area (Å²) >= 11 is 3.39. The number of carbonyl (C=O) groups excluding carboxylic acids is 1. The van der Waals surface area contributed by atoms with Gasteiger partial charge in [-0.3, -0.25) is 9.78 Å². The van der Waals surface area contributed by atoms with E-state index in [9.17, 15) is 4.79 Å². The topological polar surface area (TPSA) is 59.2 Å². The smallest absolute Gasteiger partial charge is 0.246 e. The number of hydrogen-bond donors (Lipinski definition) is 1. The monoisotopic (exact) mass is 361 g/mol. The van der Waals surface area contributed by atoms with Crippen LogP contribution in [0.2, 0.25) is 0 Å². The van der Waals surface area contributed by atoms with Crippen LogP contribution in [-0.4, -0.2) is 29.4 Å². The maximum atomic E-state index is 12.6. The number of benzene rings is 1. The Kier molecular flexibility index (Phi) is 5.32. The van der Waals surface area contributed by atoms with Crippen LogP contribution < -0.4 is 5.73 Å². The first-order chi connectivity index (χ1) is 10.4. The van der Waals surface area contributed by atoms with E-state index in [0.29, 0.717) is 6.54 Å². The van der Waals surface area contributed by atoms with Gasteiger partial charge in [-0.25, -0.2) is 0 Å². The van der Waals surface area contributed by atoms with Crippen molar-refractivity contribution in [3.8, 4) is 0 Å². The van der Waals surface area contributed by atoms with E-state index < -0.39 is 5.54 Å². The Hall–Kier alpha value is -1.72. The standard InChI is InChI=1S/C17H20BrN3O/c1-17(19,14-3-5-15(18)6-4-14)16(22)21(2)12-9-13-7-10-20-11-8-13/h3-8,10-11H,9,12,19H2,1-2H3. The third-order valence-electron chi connectivity index (χ3n) is 3.72. The molecule has 4 nitrogen and oxygen atoms in total. The minimum Gasteiger partial charge on any atom is -0.344 e. The van der Waals surface area contributed by atoms with Crippen molar-refractivity contribution in [3.63, 3.8) is 0 Å². The second-order valence-electron chi connectivity index (χ2n) is 5.54. The molecule has 0 aliphatic rings. The summed E-state index contributed by atoms with van der Waals surface area (Å²) in [6, 6.07) is 11.4. The summed E-state index contributed by atoms with van der Waals surface area (Å²) in [5.41, 5.74) is 7.20. The molecule has 0 bridgehead atoms. The first-order valence-corrected chi connectivity index (χ1v) is 7.90. The van der Waals surface area contributed by atoms with Gasteiger partial charge in [-0.15, -0.1) is 0 Å². The molecule has 1 aromatic carbocycles. The molecule has 0 saturated heterocycles. The minimum atomic E-state index is -1.03. The number of nitrogens with zero attached hydrogens (tertiary/aromatic N) is 2. The molecule has 1 aromatic heterocycles. The normalized spacial score (nSPS) is 13.5. The fourth-order valence-corrected chi connectivity index (χ4v) is 2.53. The molecule has 22 heavy (non-hydrogen) atoms. The number of hydrogen-bond acceptors (Lipinski definition) is 3. The molecule has 0 spiro atoms. The largest absolute Gasteiger partial charge is 0.344 e. The van der Waals surface area contributed by atoms with Crippen LogP contribution in [0.3, 0.4) is 0 Å². The van der Waals surface area contributed by atoms with Gasteiger partial charge in [-0.2, -0.15) is 0 Å². The van der Waals surface area contributed by atoms with Gasteiger partial charge < -0.3 is 10.6 Å². The molecule has 116 valence electrons. The molecular formula is C17H20BrN3O. The number of likely N-dealkylation sites (N-methyl/N-ethyl adjacent to an activating group) is 1. The maximum absolute atomic E-state index is 12.6. The summed E-state index contributed by atoms with van der Waals surface area (Å²) in [5, 5.41) is 0. The van der Waals surface area contributed by atoms with Gasteiger partial charge in [0.25, 0.3) is 0 Å². The lowest BCUT2D eigenvalue weighted by atomic mass is 9.91. The van der Waals surface area contributed by atoms with E-state index in [1.165, 1.54) is 0 Å². The SMILES string of the molecule is CN(CCc1ccncc1)C(=O)C(C)(N)c1ccc(Br)cc1. The van der Waals surface area contributed by atoms with Crippen LogP contribution >= 0.6 is 15.9 Å². The van der Waals surface area contributed by atoms with E-state index in [1.807, 2.05) is 36.4 Å². The Bertz CT molecular complexity index is 626. The third-order valence-corrected chi connectivity index (χ3v) is 4.25. The number of nitrogens with two attached hydrogens (primary N) is 1. The van der Waals surface area contributed by atoms with E-state index in [2.05, 4.69) is 20.9 Å². The first-order valence-electron chi connectivity index (χ1n) is 7.10. The highest BCUT2D eigenvalue weighted by Crippen LogP contribution is 2.22. The van der Waals surface area contributed by atoms with Crippen molar-refractivity contribution in [3.05, 3.63) is 64.4 Å². The average Bonchev–Trinajstić information content (AvgIpc) is 2.53. The predicted molar refractivity (Wildman–Crippen MR) is 91.3 cm³/mol. The van der Waals surface area contributed by atoms with Crippen LogP contribution in [0.4, 0.5) is 0 Å². The average molecular weight is 362 g/mol. The van der Waals surface area contributed by atoms with Crippen LogP contribution in [0, 0.1) is 0 Å². The summed E-state index contributed by atoms with van der Waals surface area (Å²) in [5.74, 6) is -0.0936. The zero-order chi connectivity index (χ0) is 16.2. The van der Waals surface area contributed by atoms with Gasteiger partial charge in [0.15, 0.2) is 0 Å². The molecule has 1 unspecified atom stereocenters. The molecule has 2 aromatic rings. The maximum Gasteiger partial charge on any atom is 0.246 e. The van der Waals surface area contributed by atoms with E-state index >= 15 is 0 Å². The summed E-state index contributed by atoms with van der Waals surface area (Å²) in [7, 11) is 1.79. The van der Waals surface area contributed by atoms with Crippen molar-refractivity contribution in [1.29, 1.82) is 0 Å². The van der Waals surface area contributed by atoms with Gasteiger partial charge in [0.1, 0.15) is 5.54 Å². The van der Waals surface area contributed by atoms with Crippen LogP contribution in [-0.2, 0) is 16.8 Å². The van der Waals surface area contributed by atoms with Gasteiger partial charge >= 0.3 is 0 Å². The van der Waals surface area contributed by atoms with Crippen molar-refractivity contribution in [2.75, 3.05) is 13.6 Å². The molecule has 2 N–H and O–H groups in total. The lowest BCUT2D eigenvalue weighted by Crippen LogP contribution is -2.50. The highest BCUT2D eigenvalue weighted by molar-refractivity contribution is 9.10. The molecule has 0 radical (unpaired) electrons. The van der Waals surface area contributed by atoms with E-state index in [4.69, 9.17) is 5.73 Å². The molecule has 5 heteroatoms. The molecule has 0 aliphatic carbocycles. The Balaban J connectivity index is 2.04. The lowest BCUT2D eigenvalue weighted by Gasteiger charge is -2.29. The molecule has 1 amide bonds. The van der Waals surface area contributed by atoms with Crippen molar-refractivity contribution in [2.24, 2.45) is 5.73 Å². The number of amides is 1. The molecule has 0 saturated carbocycles. The van der Waals surface area contributed by atoms with Gasteiger partial charge in [0.2, 0.25) is 5.91 Å². The second kappa shape index (κ2) is 7.03. The fourth-order valence-electron chi connectivity index (χ4n) is 2.26. The third kappa shape index (κ3) is 3.93.